The van der Waals surface area contributed by atoms with E-state index in [1.807, 2.05) is 0 Å². The molecule has 1 N–H and O–H groups in total. The number of amides is 1. The zero-order valence-electron chi connectivity index (χ0n) is 12.7. The van der Waals surface area contributed by atoms with Crippen LogP contribution in [0.1, 0.15) is 16.8 Å². The van der Waals surface area contributed by atoms with Crippen LogP contribution in [-0.4, -0.2) is 40.0 Å². The largest absolute Gasteiger partial charge is 0.481 e. The fourth-order valence-corrected chi connectivity index (χ4v) is 2.80. The molecule has 3 rings (SSSR count). The van der Waals surface area contributed by atoms with Crippen LogP contribution < -0.4 is 4.74 Å². The van der Waals surface area contributed by atoms with Gasteiger partial charge in [-0.25, -0.2) is 0 Å². The monoisotopic (exact) mass is 346 g/mol. The van der Waals surface area contributed by atoms with Crippen LogP contribution in [-0.2, 0) is 4.79 Å². The summed E-state index contributed by atoms with van der Waals surface area (Å²) in [7, 11) is 0. The Morgan fingerprint density at radius 3 is 2.62 bits per heavy atom. The maximum atomic E-state index is 12.5. The molecular weight excluding hydrogens is 332 g/mol. The van der Waals surface area contributed by atoms with Crippen LogP contribution in [0.15, 0.2) is 42.7 Å². The average Bonchev–Trinajstić information content (AvgIpc) is 3.07. The minimum atomic E-state index is -0.871. The van der Waals surface area contributed by atoms with Crippen LogP contribution in [0.4, 0.5) is 0 Å². The standard InChI is InChI=1S/C17H15ClN2O4/c18-14-9-11(16(21)20-8-5-12(10-20)17(22)23)1-2-15(14)24-13-3-6-19-7-4-13/h1-4,6-7,9,12H,5,8,10H2,(H,22,23)/t12-/m1/s1. The third-order valence-corrected chi connectivity index (χ3v) is 4.18. The van der Waals surface area contributed by atoms with Gasteiger partial charge in [0.15, 0.2) is 0 Å². The first kappa shape index (κ1) is 16.3. The molecule has 1 atom stereocenters. The van der Waals surface area contributed by atoms with Gasteiger partial charge in [-0.1, -0.05) is 11.6 Å². The van der Waals surface area contributed by atoms with E-state index in [1.165, 1.54) is 11.0 Å². The number of hydrogen-bond acceptors (Lipinski definition) is 4. The van der Waals surface area contributed by atoms with Crippen molar-refractivity contribution in [1.29, 1.82) is 0 Å². The van der Waals surface area contributed by atoms with Gasteiger partial charge in [0, 0.05) is 31.0 Å². The lowest BCUT2D eigenvalue weighted by Crippen LogP contribution is -2.29. The SMILES string of the molecule is O=C(O)[C@@H]1CCN(C(=O)c2ccc(Oc3ccncc3)c(Cl)c2)C1. The molecule has 1 aromatic carbocycles. The first-order valence-electron chi connectivity index (χ1n) is 7.44. The van der Waals surface area contributed by atoms with Crippen molar-refractivity contribution in [2.24, 2.45) is 5.92 Å². The van der Waals surface area contributed by atoms with Crippen molar-refractivity contribution >= 4 is 23.5 Å². The van der Waals surface area contributed by atoms with Crippen molar-refractivity contribution in [2.45, 2.75) is 6.42 Å². The third kappa shape index (κ3) is 3.49. The summed E-state index contributed by atoms with van der Waals surface area (Å²) in [5.74, 6) is -0.571. The number of rotatable bonds is 4. The zero-order valence-corrected chi connectivity index (χ0v) is 13.4. The van der Waals surface area contributed by atoms with Gasteiger partial charge in [0.2, 0.25) is 0 Å². The number of nitrogens with zero attached hydrogens (tertiary/aromatic N) is 2. The van der Waals surface area contributed by atoms with Gasteiger partial charge in [-0.2, -0.15) is 0 Å². The zero-order chi connectivity index (χ0) is 17.1. The molecule has 2 aromatic rings. The molecule has 1 aromatic heterocycles. The number of carboxylic acids is 1. The molecule has 1 amide bonds. The molecule has 0 saturated carbocycles. The number of hydrogen-bond donors (Lipinski definition) is 1. The fourth-order valence-electron chi connectivity index (χ4n) is 2.58. The van der Waals surface area contributed by atoms with E-state index in [9.17, 15) is 9.59 Å². The van der Waals surface area contributed by atoms with E-state index in [0.717, 1.165) is 0 Å². The Morgan fingerprint density at radius 1 is 1.25 bits per heavy atom. The molecule has 0 aliphatic carbocycles. The molecule has 2 heterocycles. The Hall–Kier alpha value is -2.60. The molecule has 1 aliphatic heterocycles. The van der Waals surface area contributed by atoms with Gasteiger partial charge in [-0.05, 0) is 36.8 Å². The van der Waals surface area contributed by atoms with E-state index in [1.54, 1.807) is 36.7 Å². The molecule has 6 nitrogen and oxygen atoms in total. The Bertz CT molecular complexity index is 766. The first-order valence-corrected chi connectivity index (χ1v) is 7.82. The number of pyridine rings is 1. The molecule has 0 bridgehead atoms. The van der Waals surface area contributed by atoms with E-state index < -0.39 is 11.9 Å². The highest BCUT2D eigenvalue weighted by Gasteiger charge is 2.31. The van der Waals surface area contributed by atoms with Crippen LogP contribution in [0.3, 0.4) is 0 Å². The molecule has 0 unspecified atom stereocenters. The highest BCUT2D eigenvalue weighted by atomic mass is 35.5. The third-order valence-electron chi connectivity index (χ3n) is 3.88. The normalized spacial score (nSPS) is 16.9. The van der Waals surface area contributed by atoms with Gasteiger partial charge in [0.05, 0.1) is 10.9 Å². The topological polar surface area (TPSA) is 79.7 Å². The van der Waals surface area contributed by atoms with Gasteiger partial charge in [-0.15, -0.1) is 0 Å². The lowest BCUT2D eigenvalue weighted by molar-refractivity contribution is -0.141. The van der Waals surface area contributed by atoms with Crippen molar-refractivity contribution in [3.8, 4) is 11.5 Å². The minimum absolute atomic E-state index is 0.223. The summed E-state index contributed by atoms with van der Waals surface area (Å²) in [6, 6.07) is 8.19. The number of carbonyl (C=O) groups excluding carboxylic acids is 1. The number of likely N-dealkylation sites (tertiary alicyclic amines) is 1. The van der Waals surface area contributed by atoms with Crippen LogP contribution in [0.5, 0.6) is 11.5 Å². The van der Waals surface area contributed by atoms with E-state index >= 15 is 0 Å². The summed E-state index contributed by atoms with van der Waals surface area (Å²) < 4.78 is 5.64. The molecule has 24 heavy (non-hydrogen) atoms. The Morgan fingerprint density at radius 2 is 2.00 bits per heavy atom. The van der Waals surface area contributed by atoms with Gasteiger partial charge >= 0.3 is 5.97 Å². The average molecular weight is 347 g/mol. The summed E-state index contributed by atoms with van der Waals surface area (Å²) in [5, 5.41) is 9.34. The van der Waals surface area contributed by atoms with Gasteiger partial charge < -0.3 is 14.7 Å². The highest BCUT2D eigenvalue weighted by molar-refractivity contribution is 6.32. The van der Waals surface area contributed by atoms with Crippen molar-refractivity contribution in [3.05, 3.63) is 53.3 Å². The van der Waals surface area contributed by atoms with E-state index in [0.29, 0.717) is 35.1 Å². The highest BCUT2D eigenvalue weighted by Crippen LogP contribution is 2.30. The van der Waals surface area contributed by atoms with E-state index in [2.05, 4.69) is 4.98 Å². The second-order valence-corrected chi connectivity index (χ2v) is 5.91. The lowest BCUT2D eigenvalue weighted by atomic mass is 10.1. The summed E-state index contributed by atoms with van der Waals surface area (Å²) >= 11 is 6.20. The van der Waals surface area contributed by atoms with Crippen LogP contribution >= 0.6 is 11.6 Å². The smallest absolute Gasteiger partial charge is 0.308 e. The number of aromatic nitrogens is 1. The quantitative estimate of drug-likeness (QED) is 0.920. The van der Waals surface area contributed by atoms with Gasteiger partial charge in [0.25, 0.3) is 5.91 Å². The minimum Gasteiger partial charge on any atom is -0.481 e. The summed E-state index contributed by atoms with van der Waals surface area (Å²) in [6.45, 7) is 0.656. The molecule has 124 valence electrons. The van der Waals surface area contributed by atoms with Gasteiger partial charge in [-0.3, -0.25) is 14.6 Å². The van der Waals surface area contributed by atoms with Crippen molar-refractivity contribution in [1.82, 2.24) is 9.88 Å². The number of ether oxygens (including phenoxy) is 1. The van der Waals surface area contributed by atoms with Crippen molar-refractivity contribution < 1.29 is 19.4 Å². The number of carboxylic acid groups (broad SMARTS) is 1. The molecule has 0 radical (unpaired) electrons. The molecular formula is C17H15ClN2O4. The Kier molecular flexibility index (Phi) is 4.66. The number of benzene rings is 1. The predicted molar refractivity (Wildman–Crippen MR) is 87.4 cm³/mol. The lowest BCUT2D eigenvalue weighted by Gasteiger charge is -2.16. The predicted octanol–water partition coefficient (Wildman–Crippen LogP) is 3.07. The Labute approximate surface area is 143 Å². The summed E-state index contributed by atoms with van der Waals surface area (Å²) in [6.07, 6.45) is 3.68. The van der Waals surface area contributed by atoms with Crippen LogP contribution in [0.2, 0.25) is 5.02 Å². The second-order valence-electron chi connectivity index (χ2n) is 5.51. The second kappa shape index (κ2) is 6.88. The van der Waals surface area contributed by atoms with Gasteiger partial charge in [0.1, 0.15) is 11.5 Å². The number of halogens is 1. The van der Waals surface area contributed by atoms with Crippen molar-refractivity contribution in [2.75, 3.05) is 13.1 Å². The van der Waals surface area contributed by atoms with Crippen LogP contribution in [0.25, 0.3) is 0 Å². The van der Waals surface area contributed by atoms with Crippen LogP contribution in [0, 0.1) is 5.92 Å². The number of carbonyl (C=O) groups is 2. The summed E-state index contributed by atoms with van der Waals surface area (Å²) in [4.78, 5) is 28.9. The molecule has 1 fully saturated rings. The fraction of sp³-hybridized carbons (Fsp3) is 0.235. The number of aliphatic carboxylic acids is 1. The van der Waals surface area contributed by atoms with Crippen molar-refractivity contribution in [3.63, 3.8) is 0 Å². The molecule has 1 saturated heterocycles. The summed E-state index contributed by atoms with van der Waals surface area (Å²) in [5.41, 5.74) is 0.410. The molecule has 7 heteroatoms. The first-order chi connectivity index (χ1) is 11.5. The molecule has 1 aliphatic rings. The Balaban J connectivity index is 1.72. The van der Waals surface area contributed by atoms with E-state index in [-0.39, 0.29) is 12.5 Å². The maximum absolute atomic E-state index is 12.5. The maximum Gasteiger partial charge on any atom is 0.308 e. The molecule has 0 spiro atoms. The van der Waals surface area contributed by atoms with E-state index in [4.69, 9.17) is 21.4 Å².